The van der Waals surface area contributed by atoms with E-state index in [4.69, 9.17) is 15.2 Å². The van der Waals surface area contributed by atoms with Gasteiger partial charge in [0.05, 0.1) is 24.3 Å². The van der Waals surface area contributed by atoms with Crippen molar-refractivity contribution in [3.8, 4) is 11.9 Å². The Hall–Kier alpha value is -2.49. The summed E-state index contributed by atoms with van der Waals surface area (Å²) in [4.78, 5) is 11.7. The fraction of sp³-hybridized carbons (Fsp3) is 0.500. The van der Waals surface area contributed by atoms with Crippen molar-refractivity contribution in [1.29, 1.82) is 5.26 Å². The molecule has 0 aromatic carbocycles. The number of rotatable bonds is 5. The van der Waals surface area contributed by atoms with Crippen molar-refractivity contribution in [2.24, 2.45) is 5.73 Å². The molecule has 0 bridgehead atoms. The number of nitrogens with zero attached hydrogens (tertiary/aromatic N) is 2. The first-order valence-corrected chi connectivity index (χ1v) is 6.92. The number of carbonyl (C=O) groups excluding carboxylic acids is 1. The Morgan fingerprint density at radius 2 is 2.33 bits per heavy atom. The van der Waals surface area contributed by atoms with Crippen molar-refractivity contribution in [2.45, 2.75) is 39.0 Å². The molecule has 0 spiro atoms. The zero-order chi connectivity index (χ0) is 15.4. The van der Waals surface area contributed by atoms with Gasteiger partial charge < -0.3 is 15.2 Å². The zero-order valence-corrected chi connectivity index (χ0v) is 12.1. The maximum absolute atomic E-state index is 11.7. The summed E-state index contributed by atoms with van der Waals surface area (Å²) < 4.78 is 10.3. The third kappa shape index (κ3) is 2.84. The minimum atomic E-state index is -0.347. The minimum Gasteiger partial charge on any atom is -0.466 e. The van der Waals surface area contributed by atoms with Crippen LogP contribution in [0.25, 0.3) is 0 Å². The van der Waals surface area contributed by atoms with E-state index in [0.717, 1.165) is 18.4 Å². The number of carbonyl (C=O) groups is 1. The molecular formula is C14H18N4O3. The van der Waals surface area contributed by atoms with E-state index in [-0.39, 0.29) is 24.2 Å². The van der Waals surface area contributed by atoms with E-state index >= 15 is 0 Å². The first-order chi connectivity index (χ1) is 10.1. The molecule has 0 radical (unpaired) electrons. The highest BCUT2D eigenvalue weighted by atomic mass is 16.5. The molecule has 7 nitrogen and oxygen atoms in total. The predicted octanol–water partition coefficient (Wildman–Crippen LogP) is 1.49. The van der Waals surface area contributed by atoms with Crippen LogP contribution < -0.4 is 10.5 Å². The maximum atomic E-state index is 11.7. The Bertz CT molecular complexity index is 612. The van der Waals surface area contributed by atoms with Crippen molar-refractivity contribution in [2.75, 3.05) is 6.61 Å². The molecule has 0 aliphatic carbocycles. The normalized spacial score (nSPS) is 16.9. The van der Waals surface area contributed by atoms with Crippen molar-refractivity contribution >= 4 is 5.97 Å². The number of nitrogens with one attached hydrogen (secondary N) is 1. The van der Waals surface area contributed by atoms with Gasteiger partial charge in [0.15, 0.2) is 0 Å². The third-order valence-electron chi connectivity index (χ3n) is 3.34. The summed E-state index contributed by atoms with van der Waals surface area (Å²) in [5.74, 6) is -0.131. The van der Waals surface area contributed by atoms with Crippen LogP contribution in [0.4, 0.5) is 0 Å². The zero-order valence-electron chi connectivity index (χ0n) is 12.1. The second-order valence-electron chi connectivity index (χ2n) is 4.74. The smallest absolute Gasteiger partial charge is 0.311 e. The van der Waals surface area contributed by atoms with Crippen molar-refractivity contribution in [1.82, 2.24) is 10.2 Å². The Morgan fingerprint density at radius 1 is 1.57 bits per heavy atom. The van der Waals surface area contributed by atoms with E-state index in [1.807, 2.05) is 6.92 Å². The summed E-state index contributed by atoms with van der Waals surface area (Å²) in [6.45, 7) is 4.09. The average Bonchev–Trinajstić information content (AvgIpc) is 2.82. The SMILES string of the molecule is CCCC1C(C#N)=C(N)Oc2n[nH]c(CC(=O)OCC)c21. The number of nitriles is 1. The monoisotopic (exact) mass is 290 g/mol. The Kier molecular flexibility index (Phi) is 4.48. The number of fused-ring (bicyclic) bond motifs is 1. The van der Waals surface area contributed by atoms with Crippen molar-refractivity contribution in [3.63, 3.8) is 0 Å². The van der Waals surface area contributed by atoms with E-state index < -0.39 is 0 Å². The van der Waals surface area contributed by atoms with Crippen LogP contribution in [0.1, 0.15) is 43.9 Å². The predicted molar refractivity (Wildman–Crippen MR) is 74.0 cm³/mol. The second-order valence-corrected chi connectivity index (χ2v) is 4.74. The van der Waals surface area contributed by atoms with Crippen LogP contribution in [0.2, 0.25) is 0 Å². The molecule has 0 amide bonds. The molecule has 0 fully saturated rings. The van der Waals surface area contributed by atoms with E-state index in [9.17, 15) is 10.1 Å². The molecule has 0 saturated heterocycles. The number of esters is 1. The maximum Gasteiger partial charge on any atom is 0.311 e. The molecule has 1 atom stereocenters. The Morgan fingerprint density at radius 3 is 2.95 bits per heavy atom. The van der Waals surface area contributed by atoms with Gasteiger partial charge in [0.2, 0.25) is 11.8 Å². The molecule has 3 N–H and O–H groups in total. The van der Waals surface area contributed by atoms with Gasteiger partial charge in [-0.05, 0) is 13.3 Å². The number of hydrogen-bond acceptors (Lipinski definition) is 6. The highest BCUT2D eigenvalue weighted by Crippen LogP contribution is 2.41. The summed E-state index contributed by atoms with van der Waals surface area (Å²) in [7, 11) is 0. The summed E-state index contributed by atoms with van der Waals surface area (Å²) in [6, 6.07) is 2.10. The molecule has 1 aliphatic rings. The highest BCUT2D eigenvalue weighted by Gasteiger charge is 2.33. The number of aromatic nitrogens is 2. The van der Waals surface area contributed by atoms with Crippen LogP contribution in [0.3, 0.4) is 0 Å². The van der Waals surface area contributed by atoms with Crippen LogP contribution in [-0.4, -0.2) is 22.8 Å². The van der Waals surface area contributed by atoms with Crippen molar-refractivity contribution in [3.05, 3.63) is 22.7 Å². The second kappa shape index (κ2) is 6.31. The Balaban J connectivity index is 2.37. The van der Waals surface area contributed by atoms with Gasteiger partial charge in [-0.25, -0.2) is 0 Å². The Labute approximate surface area is 122 Å². The first-order valence-electron chi connectivity index (χ1n) is 6.92. The van der Waals surface area contributed by atoms with Gasteiger partial charge in [-0.3, -0.25) is 9.89 Å². The molecule has 1 aromatic rings. The standard InChI is InChI=1S/C14H18N4O3/c1-3-5-8-9(7-15)13(16)21-14-12(8)10(17-18-14)6-11(19)20-4-2/h8H,3-6,16H2,1-2H3,(H,17,18). The molecule has 0 saturated carbocycles. The van der Waals surface area contributed by atoms with Crippen molar-refractivity contribution < 1.29 is 14.3 Å². The number of hydrogen-bond donors (Lipinski definition) is 2. The highest BCUT2D eigenvalue weighted by molar-refractivity contribution is 5.73. The van der Waals surface area contributed by atoms with E-state index in [2.05, 4.69) is 16.3 Å². The molecule has 7 heteroatoms. The lowest BCUT2D eigenvalue weighted by molar-refractivity contribution is -0.142. The third-order valence-corrected chi connectivity index (χ3v) is 3.34. The molecule has 2 rings (SSSR count). The van der Waals surface area contributed by atoms with Gasteiger partial charge in [-0.1, -0.05) is 13.3 Å². The van der Waals surface area contributed by atoms with E-state index in [1.54, 1.807) is 6.92 Å². The van der Waals surface area contributed by atoms with Crippen LogP contribution in [0.15, 0.2) is 11.5 Å². The summed E-state index contributed by atoms with van der Waals surface area (Å²) >= 11 is 0. The average molecular weight is 290 g/mol. The lowest BCUT2D eigenvalue weighted by Crippen LogP contribution is -2.21. The summed E-state index contributed by atoms with van der Waals surface area (Å²) in [5, 5.41) is 16.1. The van der Waals surface area contributed by atoms with Gasteiger partial charge in [0.1, 0.15) is 6.07 Å². The molecule has 1 aromatic heterocycles. The fourth-order valence-corrected chi connectivity index (χ4v) is 2.48. The van der Waals surface area contributed by atoms with Crippen LogP contribution in [0.5, 0.6) is 5.88 Å². The topological polar surface area (TPSA) is 114 Å². The lowest BCUT2D eigenvalue weighted by Gasteiger charge is -2.23. The molecule has 1 unspecified atom stereocenters. The molecule has 21 heavy (non-hydrogen) atoms. The molecule has 112 valence electrons. The number of aromatic amines is 1. The van der Waals surface area contributed by atoms with Crippen LogP contribution in [0, 0.1) is 11.3 Å². The molecular weight excluding hydrogens is 272 g/mol. The fourth-order valence-electron chi connectivity index (χ4n) is 2.48. The summed E-state index contributed by atoms with van der Waals surface area (Å²) in [5.41, 5.74) is 7.50. The quantitative estimate of drug-likeness (QED) is 0.794. The van der Waals surface area contributed by atoms with Gasteiger partial charge in [0.25, 0.3) is 0 Å². The first kappa shape index (κ1) is 14.9. The number of nitrogens with two attached hydrogens (primary N) is 1. The van der Waals surface area contributed by atoms with Crippen LogP contribution in [-0.2, 0) is 16.0 Å². The largest absolute Gasteiger partial charge is 0.466 e. The van der Waals surface area contributed by atoms with E-state index in [0.29, 0.717) is 23.8 Å². The van der Waals surface area contributed by atoms with Gasteiger partial charge in [-0.15, -0.1) is 5.10 Å². The summed E-state index contributed by atoms with van der Waals surface area (Å²) in [6.07, 6.45) is 1.67. The van der Waals surface area contributed by atoms with E-state index in [1.165, 1.54) is 0 Å². The van der Waals surface area contributed by atoms with Gasteiger partial charge >= 0.3 is 5.97 Å². The molecule has 2 heterocycles. The minimum absolute atomic E-state index is 0.0678. The molecule has 1 aliphatic heterocycles. The lowest BCUT2D eigenvalue weighted by atomic mass is 9.86. The van der Waals surface area contributed by atoms with Gasteiger partial charge in [0, 0.05) is 11.5 Å². The van der Waals surface area contributed by atoms with Gasteiger partial charge in [-0.2, -0.15) is 5.26 Å². The number of allylic oxidation sites excluding steroid dienone is 1. The van der Waals surface area contributed by atoms with Crippen LogP contribution >= 0.6 is 0 Å². The number of ether oxygens (including phenoxy) is 2. The number of H-pyrrole nitrogens is 1.